The Morgan fingerprint density at radius 3 is 2.50 bits per heavy atom. The van der Waals surface area contributed by atoms with Crippen molar-refractivity contribution in [2.45, 2.75) is 13.1 Å². The molecule has 4 nitrogen and oxygen atoms in total. The molecule has 0 saturated carbocycles. The fraction of sp³-hybridized carbons (Fsp3) is 0.188. The van der Waals surface area contributed by atoms with Gasteiger partial charge in [-0.3, -0.25) is 10.2 Å². The zero-order chi connectivity index (χ0) is 14.1. The highest BCUT2D eigenvalue weighted by Crippen LogP contribution is 2.26. The van der Waals surface area contributed by atoms with Crippen LogP contribution in [0.15, 0.2) is 53.5 Å². The molecule has 0 aliphatic carbocycles. The quantitative estimate of drug-likeness (QED) is 0.904. The molecule has 0 amide bonds. The highest BCUT2D eigenvalue weighted by atomic mass is 16.5. The molecule has 0 radical (unpaired) electrons. The van der Waals surface area contributed by atoms with E-state index in [0.717, 1.165) is 27.6 Å². The van der Waals surface area contributed by atoms with Crippen LogP contribution in [0.4, 0.5) is 0 Å². The summed E-state index contributed by atoms with van der Waals surface area (Å²) in [4.78, 5) is 4.62. The monoisotopic (exact) mass is 268 g/mol. The number of hydrogen-bond donors (Lipinski definition) is 1. The summed E-state index contributed by atoms with van der Waals surface area (Å²) < 4.78 is 5.15. The summed E-state index contributed by atoms with van der Waals surface area (Å²) in [5, 5.41) is 13.4. The van der Waals surface area contributed by atoms with Gasteiger partial charge in [0, 0.05) is 5.22 Å². The van der Waals surface area contributed by atoms with E-state index in [-0.39, 0.29) is 0 Å². The van der Waals surface area contributed by atoms with E-state index in [1.165, 1.54) is 5.06 Å². The molecule has 2 aromatic carbocycles. The first-order chi connectivity index (χ1) is 9.70. The first-order valence-electron chi connectivity index (χ1n) is 6.46. The normalized spacial score (nSPS) is 17.4. The third-order valence-electron chi connectivity index (χ3n) is 3.54. The number of nitrogens with zero attached hydrogens (tertiary/aromatic N) is 2. The fourth-order valence-electron chi connectivity index (χ4n) is 2.38. The lowest BCUT2D eigenvalue weighted by Gasteiger charge is -2.28. The van der Waals surface area contributed by atoms with Crippen LogP contribution in [-0.2, 0) is 0 Å². The van der Waals surface area contributed by atoms with Crippen LogP contribution in [0.25, 0.3) is 5.70 Å². The van der Waals surface area contributed by atoms with Gasteiger partial charge < -0.3 is 4.74 Å². The topological polar surface area (TPSA) is 45.1 Å². The molecule has 0 spiro atoms. The van der Waals surface area contributed by atoms with Crippen molar-refractivity contribution in [3.63, 3.8) is 0 Å². The van der Waals surface area contributed by atoms with Crippen molar-refractivity contribution >= 4 is 5.70 Å². The predicted octanol–water partition coefficient (Wildman–Crippen LogP) is 1.85. The van der Waals surface area contributed by atoms with Gasteiger partial charge in [-0.05, 0) is 30.7 Å². The Kier molecular flexibility index (Phi) is 3.16. The second-order valence-electron chi connectivity index (χ2n) is 4.72. The number of ether oxygens (including phenoxy) is 1. The molecule has 1 atom stereocenters. The minimum atomic E-state index is -0.421. The molecule has 1 aliphatic rings. The molecule has 2 aromatic rings. The molecule has 0 aromatic heterocycles. The Bertz CT molecular complexity index is 738. The second kappa shape index (κ2) is 4.98. The lowest BCUT2D eigenvalue weighted by atomic mass is 10.1. The van der Waals surface area contributed by atoms with Gasteiger partial charge in [-0.1, -0.05) is 30.3 Å². The number of benzene rings is 2. The van der Waals surface area contributed by atoms with Gasteiger partial charge in [0.2, 0.25) is 0 Å². The summed E-state index contributed by atoms with van der Waals surface area (Å²) in [5.74, 6) is 0.787. The van der Waals surface area contributed by atoms with Crippen LogP contribution in [0, 0.1) is 0 Å². The van der Waals surface area contributed by atoms with E-state index in [0.29, 0.717) is 0 Å². The predicted molar refractivity (Wildman–Crippen MR) is 75.7 cm³/mol. The molecule has 0 fully saturated rings. The molecule has 102 valence electrons. The maximum Gasteiger partial charge on any atom is 0.171 e. The lowest BCUT2D eigenvalue weighted by molar-refractivity contribution is -0.0706. The van der Waals surface area contributed by atoms with Crippen LogP contribution in [0.1, 0.15) is 18.7 Å². The average Bonchev–Trinajstić information content (AvgIpc) is 2.51. The smallest absolute Gasteiger partial charge is 0.171 e. The van der Waals surface area contributed by atoms with Crippen molar-refractivity contribution in [2.75, 3.05) is 7.11 Å². The summed E-state index contributed by atoms with van der Waals surface area (Å²) >= 11 is 0. The number of hydrogen-bond acceptors (Lipinski definition) is 4. The third-order valence-corrected chi connectivity index (χ3v) is 3.54. The van der Waals surface area contributed by atoms with Crippen molar-refractivity contribution in [1.29, 1.82) is 0 Å². The average molecular weight is 268 g/mol. The van der Waals surface area contributed by atoms with Gasteiger partial charge in [-0.25, -0.2) is 5.06 Å². The maximum atomic E-state index is 10.3. The summed E-state index contributed by atoms with van der Waals surface area (Å²) in [5.41, 5.74) is 1.72. The van der Waals surface area contributed by atoms with Crippen molar-refractivity contribution in [1.82, 2.24) is 5.06 Å². The van der Waals surface area contributed by atoms with Gasteiger partial charge >= 0.3 is 0 Å². The minimum Gasteiger partial charge on any atom is -0.497 e. The summed E-state index contributed by atoms with van der Waals surface area (Å²) in [6, 6.07) is 15.4. The van der Waals surface area contributed by atoms with E-state index >= 15 is 0 Å². The van der Waals surface area contributed by atoms with E-state index < -0.39 is 6.17 Å². The Hall–Kier alpha value is -2.33. The minimum absolute atomic E-state index is 0.421. The van der Waals surface area contributed by atoms with Crippen molar-refractivity contribution < 1.29 is 9.94 Å². The van der Waals surface area contributed by atoms with Crippen LogP contribution in [0.2, 0.25) is 0 Å². The lowest BCUT2D eigenvalue weighted by Crippen LogP contribution is -2.39. The number of para-hydroxylation sites is 1. The van der Waals surface area contributed by atoms with E-state index in [9.17, 15) is 5.21 Å². The molecule has 1 heterocycles. The summed E-state index contributed by atoms with van der Waals surface area (Å²) in [6.07, 6.45) is -0.421. The van der Waals surface area contributed by atoms with E-state index in [1.807, 2.05) is 55.5 Å². The van der Waals surface area contributed by atoms with Crippen molar-refractivity contribution in [3.8, 4) is 5.75 Å². The molecule has 1 N–H and O–H groups in total. The van der Waals surface area contributed by atoms with Crippen LogP contribution in [0.5, 0.6) is 5.75 Å². The molecule has 3 rings (SSSR count). The Labute approximate surface area is 117 Å². The van der Waals surface area contributed by atoms with Gasteiger partial charge in [0.15, 0.2) is 6.17 Å². The molecule has 0 saturated heterocycles. The molecular formula is C16H16N2O2. The zero-order valence-electron chi connectivity index (χ0n) is 11.4. The maximum absolute atomic E-state index is 10.3. The summed E-state index contributed by atoms with van der Waals surface area (Å²) in [7, 11) is 1.63. The fourth-order valence-corrected chi connectivity index (χ4v) is 2.38. The van der Waals surface area contributed by atoms with Crippen LogP contribution < -0.4 is 15.3 Å². The largest absolute Gasteiger partial charge is 0.497 e. The molecule has 20 heavy (non-hydrogen) atoms. The standard InChI is InChI=1S/C16H16N2O2/c1-11-14-5-3-4-6-15(14)17-16(18(11)19)12-7-9-13(20-2)10-8-12/h3-10,16,19H,1-2H3. The SMILES string of the molecule is COc1ccc(C2N=c3ccccc3=C(C)N2O)cc1. The van der Waals surface area contributed by atoms with Gasteiger partial charge in [-0.2, -0.15) is 0 Å². The first-order valence-corrected chi connectivity index (χ1v) is 6.46. The number of rotatable bonds is 2. The van der Waals surface area contributed by atoms with Gasteiger partial charge in [0.1, 0.15) is 5.75 Å². The van der Waals surface area contributed by atoms with Gasteiger partial charge in [0.25, 0.3) is 0 Å². The Morgan fingerprint density at radius 2 is 1.80 bits per heavy atom. The highest BCUT2D eigenvalue weighted by Gasteiger charge is 2.21. The summed E-state index contributed by atoms with van der Waals surface area (Å²) in [6.45, 7) is 1.89. The number of fused-ring (bicyclic) bond motifs is 1. The van der Waals surface area contributed by atoms with E-state index in [4.69, 9.17) is 4.74 Å². The van der Waals surface area contributed by atoms with Gasteiger partial charge in [-0.15, -0.1) is 0 Å². The second-order valence-corrected chi connectivity index (χ2v) is 4.72. The molecule has 1 aliphatic heterocycles. The highest BCUT2D eigenvalue weighted by molar-refractivity contribution is 5.42. The molecule has 1 unspecified atom stereocenters. The Balaban J connectivity index is 2.10. The first kappa shape index (κ1) is 12.7. The van der Waals surface area contributed by atoms with Gasteiger partial charge in [0.05, 0.1) is 18.2 Å². The number of hydroxylamine groups is 2. The molecule has 0 bridgehead atoms. The molecule has 4 heteroatoms. The Morgan fingerprint density at radius 1 is 1.10 bits per heavy atom. The van der Waals surface area contributed by atoms with Crippen LogP contribution in [-0.4, -0.2) is 17.4 Å². The third kappa shape index (κ3) is 2.04. The van der Waals surface area contributed by atoms with Crippen molar-refractivity contribution in [3.05, 3.63) is 64.7 Å². The number of methoxy groups -OCH3 is 1. The van der Waals surface area contributed by atoms with E-state index in [1.54, 1.807) is 7.11 Å². The van der Waals surface area contributed by atoms with Crippen LogP contribution in [0.3, 0.4) is 0 Å². The van der Waals surface area contributed by atoms with E-state index in [2.05, 4.69) is 4.99 Å². The zero-order valence-corrected chi connectivity index (χ0v) is 11.4. The molecular weight excluding hydrogens is 252 g/mol. The van der Waals surface area contributed by atoms with Crippen LogP contribution >= 0.6 is 0 Å². The van der Waals surface area contributed by atoms with Crippen molar-refractivity contribution in [2.24, 2.45) is 4.99 Å².